The standard InChI is InChI=1S/C29H38N4O3S/c1-4-14-33(17-26(34)28(22-12-15-36-16-13-22)32-29(35)20(2)30-3)18-27-31-25(19-37-27)24-11-7-9-21-8-5-6-10-23(21)24/h5-11,19-20,22,28,30H,4,12-18H2,1-3H3,(H,32,35)/t20-,28?/m0/s1. The zero-order valence-electron chi connectivity index (χ0n) is 22.0. The molecule has 198 valence electrons. The number of hydrogen-bond donors (Lipinski definition) is 2. The molecule has 1 saturated heterocycles. The van der Waals surface area contributed by atoms with Gasteiger partial charge in [-0.3, -0.25) is 14.5 Å². The fourth-order valence-corrected chi connectivity index (χ4v) is 5.75. The van der Waals surface area contributed by atoms with Crippen molar-refractivity contribution < 1.29 is 14.3 Å². The summed E-state index contributed by atoms with van der Waals surface area (Å²) in [4.78, 5) is 33.4. The summed E-state index contributed by atoms with van der Waals surface area (Å²) in [5.74, 6) is 0.00688. The van der Waals surface area contributed by atoms with Crippen LogP contribution >= 0.6 is 11.3 Å². The summed E-state index contributed by atoms with van der Waals surface area (Å²) in [6.07, 6.45) is 2.48. The van der Waals surface area contributed by atoms with Crippen LogP contribution in [0.5, 0.6) is 0 Å². The molecular weight excluding hydrogens is 484 g/mol. The number of ketones is 1. The van der Waals surface area contributed by atoms with Crippen LogP contribution < -0.4 is 10.6 Å². The van der Waals surface area contributed by atoms with Crippen molar-refractivity contribution >= 4 is 33.8 Å². The molecule has 4 rings (SSSR count). The number of hydrogen-bond acceptors (Lipinski definition) is 7. The Morgan fingerprint density at radius 2 is 1.92 bits per heavy atom. The third-order valence-corrected chi connectivity index (χ3v) is 7.94. The van der Waals surface area contributed by atoms with Gasteiger partial charge in [0.1, 0.15) is 5.01 Å². The second-order valence-electron chi connectivity index (χ2n) is 9.78. The number of likely N-dealkylation sites (N-methyl/N-ethyl adjacent to an activating group) is 1. The normalized spacial score (nSPS) is 16.1. The Hall–Kier alpha value is -2.65. The number of nitrogens with zero attached hydrogens (tertiary/aromatic N) is 2. The maximum Gasteiger partial charge on any atom is 0.237 e. The van der Waals surface area contributed by atoms with E-state index in [0.717, 1.165) is 42.1 Å². The average Bonchev–Trinajstić information content (AvgIpc) is 3.39. The minimum atomic E-state index is -0.505. The molecule has 0 radical (unpaired) electrons. The molecule has 1 aliphatic rings. The van der Waals surface area contributed by atoms with E-state index in [4.69, 9.17) is 9.72 Å². The van der Waals surface area contributed by atoms with E-state index < -0.39 is 6.04 Å². The van der Waals surface area contributed by atoms with E-state index >= 15 is 0 Å². The van der Waals surface area contributed by atoms with Crippen LogP contribution in [0.4, 0.5) is 0 Å². The summed E-state index contributed by atoms with van der Waals surface area (Å²) in [6, 6.07) is 13.8. The lowest BCUT2D eigenvalue weighted by molar-refractivity contribution is -0.131. The fraction of sp³-hybridized carbons (Fsp3) is 0.483. The van der Waals surface area contributed by atoms with Gasteiger partial charge in [-0.2, -0.15) is 0 Å². The monoisotopic (exact) mass is 522 g/mol. The summed E-state index contributed by atoms with van der Waals surface area (Å²) in [7, 11) is 1.75. The number of fused-ring (bicyclic) bond motifs is 1. The van der Waals surface area contributed by atoms with Crippen molar-refractivity contribution in [2.24, 2.45) is 5.92 Å². The first-order chi connectivity index (χ1) is 18.0. The number of ether oxygens (including phenoxy) is 1. The van der Waals surface area contributed by atoms with Gasteiger partial charge in [-0.25, -0.2) is 4.98 Å². The molecule has 8 heteroatoms. The van der Waals surface area contributed by atoms with Crippen LogP contribution in [0.2, 0.25) is 0 Å². The Kier molecular flexibility index (Phi) is 9.80. The van der Waals surface area contributed by atoms with Gasteiger partial charge >= 0.3 is 0 Å². The lowest BCUT2D eigenvalue weighted by atomic mass is 9.88. The van der Waals surface area contributed by atoms with Gasteiger partial charge in [-0.05, 0) is 56.5 Å². The molecule has 2 aromatic carbocycles. The third kappa shape index (κ3) is 7.02. The van der Waals surface area contributed by atoms with Crippen molar-refractivity contribution in [3.8, 4) is 11.3 Å². The van der Waals surface area contributed by atoms with Crippen molar-refractivity contribution in [1.82, 2.24) is 20.5 Å². The second kappa shape index (κ2) is 13.2. The molecule has 1 fully saturated rings. The van der Waals surface area contributed by atoms with Crippen LogP contribution in [0.3, 0.4) is 0 Å². The number of benzene rings is 2. The number of Topliss-reactive ketones (excluding diaryl/α,β-unsaturated/α-hetero) is 1. The number of aromatic nitrogens is 1. The Labute approximate surface area is 223 Å². The average molecular weight is 523 g/mol. The molecule has 7 nitrogen and oxygen atoms in total. The molecule has 2 atom stereocenters. The number of thiazole rings is 1. The smallest absolute Gasteiger partial charge is 0.237 e. The highest BCUT2D eigenvalue weighted by molar-refractivity contribution is 7.09. The second-order valence-corrected chi connectivity index (χ2v) is 10.7. The number of carbonyl (C=O) groups excluding carboxylic acids is 2. The van der Waals surface area contributed by atoms with Crippen LogP contribution in [0.15, 0.2) is 47.8 Å². The van der Waals surface area contributed by atoms with E-state index in [0.29, 0.717) is 19.8 Å². The largest absolute Gasteiger partial charge is 0.381 e. The molecule has 0 aliphatic carbocycles. The van der Waals surface area contributed by atoms with Crippen molar-refractivity contribution in [1.29, 1.82) is 0 Å². The molecule has 3 aromatic rings. The first-order valence-electron chi connectivity index (χ1n) is 13.2. The molecule has 37 heavy (non-hydrogen) atoms. The van der Waals surface area contributed by atoms with Gasteiger partial charge in [0.25, 0.3) is 0 Å². The Balaban J connectivity index is 1.48. The maximum atomic E-state index is 13.6. The predicted octanol–water partition coefficient (Wildman–Crippen LogP) is 4.26. The lowest BCUT2D eigenvalue weighted by Gasteiger charge is -2.32. The molecule has 2 heterocycles. The summed E-state index contributed by atoms with van der Waals surface area (Å²) in [6.45, 7) is 6.86. The topological polar surface area (TPSA) is 83.6 Å². The van der Waals surface area contributed by atoms with Gasteiger partial charge in [0.2, 0.25) is 5.91 Å². The van der Waals surface area contributed by atoms with E-state index in [1.807, 2.05) is 6.07 Å². The highest BCUT2D eigenvalue weighted by Gasteiger charge is 2.32. The molecule has 1 aliphatic heterocycles. The van der Waals surface area contributed by atoms with Gasteiger partial charge in [0, 0.05) is 24.2 Å². The van der Waals surface area contributed by atoms with E-state index in [1.165, 1.54) is 10.8 Å². The number of carbonyl (C=O) groups is 2. The summed E-state index contributed by atoms with van der Waals surface area (Å²) >= 11 is 1.63. The first kappa shape index (κ1) is 27.4. The quantitative estimate of drug-likeness (QED) is 0.370. The highest BCUT2D eigenvalue weighted by Crippen LogP contribution is 2.30. The molecular formula is C29H38N4O3S. The van der Waals surface area contributed by atoms with Crippen molar-refractivity contribution in [2.45, 2.75) is 51.7 Å². The molecule has 0 saturated carbocycles. The van der Waals surface area contributed by atoms with Crippen molar-refractivity contribution in [3.63, 3.8) is 0 Å². The predicted molar refractivity (Wildman–Crippen MR) is 150 cm³/mol. The van der Waals surface area contributed by atoms with Crippen LogP contribution in [-0.4, -0.2) is 67.0 Å². The van der Waals surface area contributed by atoms with Crippen LogP contribution in [-0.2, 0) is 20.9 Å². The number of amides is 1. The molecule has 0 bridgehead atoms. The highest BCUT2D eigenvalue weighted by atomic mass is 32.1. The SMILES string of the molecule is CCCN(CC(=O)C(NC(=O)[C@H](C)NC)C1CCOCC1)Cc1nc(-c2cccc3ccccc23)cs1. The zero-order chi connectivity index (χ0) is 26.2. The lowest BCUT2D eigenvalue weighted by Crippen LogP contribution is -2.54. The molecule has 1 amide bonds. The fourth-order valence-electron chi connectivity index (χ4n) is 4.92. The number of nitrogens with one attached hydrogen (secondary N) is 2. The van der Waals surface area contributed by atoms with E-state index in [9.17, 15) is 9.59 Å². The summed E-state index contributed by atoms with van der Waals surface area (Å²) < 4.78 is 5.51. The Morgan fingerprint density at radius 1 is 1.16 bits per heavy atom. The Bertz CT molecular complexity index is 1190. The maximum absolute atomic E-state index is 13.6. The van der Waals surface area contributed by atoms with E-state index in [2.05, 4.69) is 64.2 Å². The van der Waals surface area contributed by atoms with Gasteiger partial charge in [0.15, 0.2) is 5.78 Å². The molecule has 0 spiro atoms. The molecule has 1 aromatic heterocycles. The van der Waals surface area contributed by atoms with Crippen LogP contribution in [0, 0.1) is 5.92 Å². The summed E-state index contributed by atoms with van der Waals surface area (Å²) in [5.41, 5.74) is 2.09. The Morgan fingerprint density at radius 3 is 2.68 bits per heavy atom. The van der Waals surface area contributed by atoms with E-state index in [1.54, 1.807) is 25.3 Å². The van der Waals surface area contributed by atoms with Crippen LogP contribution in [0.1, 0.15) is 38.1 Å². The zero-order valence-corrected chi connectivity index (χ0v) is 22.9. The van der Waals surface area contributed by atoms with Crippen LogP contribution in [0.25, 0.3) is 22.0 Å². The van der Waals surface area contributed by atoms with Gasteiger partial charge < -0.3 is 15.4 Å². The molecule has 1 unspecified atom stereocenters. The third-order valence-electron chi connectivity index (χ3n) is 7.10. The minimum Gasteiger partial charge on any atom is -0.381 e. The van der Waals surface area contributed by atoms with Crippen molar-refractivity contribution in [2.75, 3.05) is 33.4 Å². The van der Waals surface area contributed by atoms with Crippen molar-refractivity contribution in [3.05, 3.63) is 52.9 Å². The minimum absolute atomic E-state index is 0.0582. The van der Waals surface area contributed by atoms with Gasteiger partial charge in [0.05, 0.1) is 30.9 Å². The van der Waals surface area contributed by atoms with E-state index in [-0.39, 0.29) is 30.2 Å². The van der Waals surface area contributed by atoms with Gasteiger partial charge in [-0.15, -0.1) is 11.3 Å². The first-order valence-corrected chi connectivity index (χ1v) is 14.1. The van der Waals surface area contributed by atoms with Gasteiger partial charge in [-0.1, -0.05) is 49.4 Å². The number of rotatable bonds is 12. The molecule has 2 N–H and O–H groups in total. The summed E-state index contributed by atoms with van der Waals surface area (Å²) in [5, 5.41) is 11.5.